The van der Waals surface area contributed by atoms with Crippen molar-refractivity contribution >= 4 is 39.0 Å². The predicted molar refractivity (Wildman–Crippen MR) is 85.7 cm³/mol. The van der Waals surface area contributed by atoms with Gasteiger partial charge in [-0.25, -0.2) is 4.98 Å². The molecule has 0 radical (unpaired) electrons. The SMILES string of the molecule is CC(C)c1c(C#N)c(N(C)C)nc2sc(C(N)=O)c(N)c12. The summed E-state index contributed by atoms with van der Waals surface area (Å²) in [6.45, 7) is 3.96. The Balaban J connectivity index is 3.02. The highest BCUT2D eigenvalue weighted by molar-refractivity contribution is 7.21. The molecule has 0 fully saturated rings. The lowest BCUT2D eigenvalue weighted by atomic mass is 9.94. The summed E-state index contributed by atoms with van der Waals surface area (Å²) in [4.78, 5) is 18.7. The van der Waals surface area contributed by atoms with Gasteiger partial charge in [-0.05, 0) is 11.5 Å². The van der Waals surface area contributed by atoms with E-state index in [9.17, 15) is 10.1 Å². The summed E-state index contributed by atoms with van der Waals surface area (Å²) in [5.74, 6) is 0.0718. The number of nitrogen functional groups attached to an aromatic ring is 1. The molecule has 0 bridgehead atoms. The van der Waals surface area contributed by atoms with Crippen LogP contribution in [0.5, 0.6) is 0 Å². The fraction of sp³-hybridized carbons (Fsp3) is 0.357. The fourth-order valence-corrected chi connectivity index (χ4v) is 3.32. The van der Waals surface area contributed by atoms with E-state index >= 15 is 0 Å². The molecule has 0 aliphatic rings. The number of hydrogen-bond donors (Lipinski definition) is 2. The van der Waals surface area contributed by atoms with Crippen molar-refractivity contribution in [3.8, 4) is 6.07 Å². The maximum atomic E-state index is 11.5. The van der Waals surface area contributed by atoms with Crippen LogP contribution in [0, 0.1) is 11.3 Å². The predicted octanol–water partition coefficient (Wildman–Crippen LogP) is 2.04. The Morgan fingerprint density at radius 1 is 1.43 bits per heavy atom. The van der Waals surface area contributed by atoms with Crippen molar-refractivity contribution in [3.05, 3.63) is 16.0 Å². The molecule has 7 heteroatoms. The zero-order valence-electron chi connectivity index (χ0n) is 12.4. The molecule has 110 valence electrons. The monoisotopic (exact) mass is 303 g/mol. The molecule has 1 amide bonds. The van der Waals surface area contributed by atoms with Crippen molar-refractivity contribution in [3.63, 3.8) is 0 Å². The molecule has 4 N–H and O–H groups in total. The van der Waals surface area contributed by atoms with Gasteiger partial charge in [0.1, 0.15) is 21.6 Å². The van der Waals surface area contributed by atoms with E-state index < -0.39 is 5.91 Å². The molecule has 0 saturated heterocycles. The summed E-state index contributed by atoms with van der Waals surface area (Å²) in [5, 5.41) is 10.2. The Morgan fingerprint density at radius 2 is 2.05 bits per heavy atom. The number of carbonyl (C=O) groups is 1. The first kappa shape index (κ1) is 15.1. The number of pyridine rings is 1. The van der Waals surface area contributed by atoms with Gasteiger partial charge in [0.25, 0.3) is 5.91 Å². The van der Waals surface area contributed by atoms with Gasteiger partial charge < -0.3 is 16.4 Å². The van der Waals surface area contributed by atoms with Gasteiger partial charge in [0, 0.05) is 19.5 Å². The average molecular weight is 303 g/mol. The second kappa shape index (κ2) is 5.22. The average Bonchev–Trinajstić information content (AvgIpc) is 2.73. The quantitative estimate of drug-likeness (QED) is 0.901. The number of rotatable bonds is 3. The topological polar surface area (TPSA) is 109 Å². The zero-order valence-corrected chi connectivity index (χ0v) is 13.2. The van der Waals surface area contributed by atoms with Crippen molar-refractivity contribution in [2.75, 3.05) is 24.7 Å². The largest absolute Gasteiger partial charge is 0.397 e. The smallest absolute Gasteiger partial charge is 0.260 e. The van der Waals surface area contributed by atoms with Gasteiger partial charge >= 0.3 is 0 Å². The van der Waals surface area contributed by atoms with E-state index in [1.54, 1.807) is 4.90 Å². The number of nitrogens with zero attached hydrogens (tertiary/aromatic N) is 3. The van der Waals surface area contributed by atoms with Crippen molar-refractivity contribution < 1.29 is 4.79 Å². The van der Waals surface area contributed by atoms with Crippen LogP contribution in [0.2, 0.25) is 0 Å². The van der Waals surface area contributed by atoms with Gasteiger partial charge in [-0.3, -0.25) is 4.79 Å². The summed E-state index contributed by atoms with van der Waals surface area (Å²) in [6, 6.07) is 2.21. The Labute approximate surface area is 127 Å². The van der Waals surface area contributed by atoms with E-state index in [1.807, 2.05) is 27.9 Å². The lowest BCUT2D eigenvalue weighted by molar-refractivity contribution is 0.100. The third-order valence-electron chi connectivity index (χ3n) is 3.23. The first-order valence-electron chi connectivity index (χ1n) is 6.42. The summed E-state index contributed by atoms with van der Waals surface area (Å²) < 4.78 is 0. The maximum absolute atomic E-state index is 11.5. The Morgan fingerprint density at radius 3 is 2.48 bits per heavy atom. The van der Waals surface area contributed by atoms with Crippen LogP contribution < -0.4 is 16.4 Å². The minimum absolute atomic E-state index is 0.0708. The third-order valence-corrected chi connectivity index (χ3v) is 4.35. The first-order chi connectivity index (χ1) is 9.79. The molecule has 2 aromatic rings. The van der Waals surface area contributed by atoms with Gasteiger partial charge in [0.2, 0.25) is 0 Å². The number of hydrogen-bond acceptors (Lipinski definition) is 6. The van der Waals surface area contributed by atoms with Gasteiger partial charge in [0.15, 0.2) is 0 Å². The molecule has 0 aliphatic carbocycles. The number of nitrogens with two attached hydrogens (primary N) is 2. The molecule has 2 aromatic heterocycles. The molecule has 0 saturated carbocycles. The van der Waals surface area contributed by atoms with Crippen LogP contribution >= 0.6 is 11.3 Å². The number of fused-ring (bicyclic) bond motifs is 1. The van der Waals surface area contributed by atoms with Gasteiger partial charge in [0.05, 0.1) is 11.3 Å². The zero-order chi connectivity index (χ0) is 15.9. The van der Waals surface area contributed by atoms with Crippen LogP contribution in [0.15, 0.2) is 0 Å². The van der Waals surface area contributed by atoms with E-state index in [4.69, 9.17) is 11.5 Å². The van der Waals surface area contributed by atoms with Gasteiger partial charge in [-0.2, -0.15) is 5.26 Å². The molecule has 0 spiro atoms. The van der Waals surface area contributed by atoms with Crippen molar-refractivity contribution in [1.82, 2.24) is 4.98 Å². The van der Waals surface area contributed by atoms with Crippen LogP contribution in [0.1, 0.15) is 40.6 Å². The standard InChI is InChI=1S/C14H17N5OS/c1-6(2)8-7(5-15)13(19(3)4)18-14-9(8)10(16)11(21-14)12(17)20/h6H,16H2,1-4H3,(H2,17,20). The molecule has 0 aromatic carbocycles. The lowest BCUT2D eigenvalue weighted by Crippen LogP contribution is -2.14. The molecule has 2 heterocycles. The maximum Gasteiger partial charge on any atom is 0.260 e. The summed E-state index contributed by atoms with van der Waals surface area (Å²) in [6.07, 6.45) is 0. The molecule has 21 heavy (non-hydrogen) atoms. The molecular formula is C14H17N5OS. The normalized spacial score (nSPS) is 10.9. The molecular weight excluding hydrogens is 286 g/mol. The summed E-state index contributed by atoms with van der Waals surface area (Å²) in [7, 11) is 3.65. The Hall–Kier alpha value is -2.33. The van der Waals surface area contributed by atoms with Crippen LogP contribution in [0.25, 0.3) is 10.2 Å². The van der Waals surface area contributed by atoms with Gasteiger partial charge in [-0.15, -0.1) is 11.3 Å². The minimum atomic E-state index is -0.574. The van der Waals surface area contributed by atoms with E-state index in [1.165, 1.54) is 11.3 Å². The number of aromatic nitrogens is 1. The number of carbonyl (C=O) groups excluding carboxylic acids is 1. The van der Waals surface area contributed by atoms with Crippen molar-refractivity contribution in [2.24, 2.45) is 5.73 Å². The molecule has 6 nitrogen and oxygen atoms in total. The second-order valence-electron chi connectivity index (χ2n) is 5.27. The number of nitriles is 1. The highest BCUT2D eigenvalue weighted by Crippen LogP contribution is 2.41. The fourth-order valence-electron chi connectivity index (χ4n) is 2.36. The number of thiophene rings is 1. The summed E-state index contributed by atoms with van der Waals surface area (Å²) >= 11 is 1.17. The highest BCUT2D eigenvalue weighted by Gasteiger charge is 2.24. The third kappa shape index (κ3) is 2.28. The first-order valence-corrected chi connectivity index (χ1v) is 7.24. The van der Waals surface area contributed by atoms with Crippen LogP contribution in [-0.4, -0.2) is 25.0 Å². The second-order valence-corrected chi connectivity index (χ2v) is 6.27. The van der Waals surface area contributed by atoms with Crippen molar-refractivity contribution in [2.45, 2.75) is 19.8 Å². The molecule has 0 aliphatic heterocycles. The molecule has 2 rings (SSSR count). The lowest BCUT2D eigenvalue weighted by Gasteiger charge is -2.18. The minimum Gasteiger partial charge on any atom is -0.397 e. The van der Waals surface area contributed by atoms with Gasteiger partial charge in [-0.1, -0.05) is 13.8 Å². The van der Waals surface area contributed by atoms with E-state index in [0.717, 1.165) is 5.56 Å². The van der Waals surface area contributed by atoms with Crippen LogP contribution in [0.4, 0.5) is 11.5 Å². The summed E-state index contributed by atoms with van der Waals surface area (Å²) in [5.41, 5.74) is 13.1. The highest BCUT2D eigenvalue weighted by atomic mass is 32.1. The van der Waals surface area contributed by atoms with E-state index in [-0.39, 0.29) is 5.92 Å². The van der Waals surface area contributed by atoms with E-state index in [2.05, 4.69) is 11.1 Å². The van der Waals surface area contributed by atoms with Crippen LogP contribution in [-0.2, 0) is 0 Å². The number of anilines is 2. The number of primary amides is 1. The molecule has 0 unspecified atom stereocenters. The molecule has 0 atom stereocenters. The van der Waals surface area contributed by atoms with E-state index in [0.29, 0.717) is 32.2 Å². The Kier molecular flexibility index (Phi) is 3.75. The van der Waals surface area contributed by atoms with Crippen LogP contribution in [0.3, 0.4) is 0 Å². The Bertz CT molecular complexity index is 770. The number of amides is 1. The van der Waals surface area contributed by atoms with Crippen molar-refractivity contribution in [1.29, 1.82) is 5.26 Å².